The molecule has 2 aromatic carbocycles. The SMILES string of the molecule is COc1ccc(Cl)cc1[C@H](C)Nc1ccc(C(=O)NCC2CCC(C(=O)O)CC2)cc1C#N. The smallest absolute Gasteiger partial charge is 0.306 e. The lowest BCUT2D eigenvalue weighted by molar-refractivity contribution is -0.143. The van der Waals surface area contributed by atoms with Crippen molar-refractivity contribution in [3.63, 3.8) is 0 Å². The number of ether oxygens (including phenoxy) is 1. The number of rotatable bonds is 8. The van der Waals surface area contributed by atoms with Crippen molar-refractivity contribution in [3.8, 4) is 11.8 Å². The molecule has 3 N–H and O–H groups in total. The number of carbonyl (C=O) groups excluding carboxylic acids is 1. The molecule has 1 aliphatic rings. The van der Waals surface area contributed by atoms with E-state index in [4.69, 9.17) is 21.4 Å². The highest BCUT2D eigenvalue weighted by Gasteiger charge is 2.26. The molecule has 1 aliphatic carbocycles. The van der Waals surface area contributed by atoms with Crippen molar-refractivity contribution in [2.45, 2.75) is 38.6 Å². The minimum atomic E-state index is -0.738. The van der Waals surface area contributed by atoms with Crippen LogP contribution in [-0.2, 0) is 4.79 Å². The number of benzene rings is 2. The molecule has 0 unspecified atom stereocenters. The molecular formula is C25H28ClN3O4. The third kappa shape index (κ3) is 6.17. The number of carboxylic acid groups (broad SMARTS) is 1. The number of carboxylic acids is 1. The maximum atomic E-state index is 12.6. The summed E-state index contributed by atoms with van der Waals surface area (Å²) in [6.45, 7) is 2.44. The van der Waals surface area contributed by atoms with Crippen LogP contribution in [0.4, 0.5) is 5.69 Å². The van der Waals surface area contributed by atoms with Crippen LogP contribution in [0.25, 0.3) is 0 Å². The quantitative estimate of drug-likeness (QED) is 0.500. The minimum absolute atomic E-state index is 0.189. The van der Waals surface area contributed by atoms with E-state index in [-0.39, 0.29) is 23.8 Å². The molecule has 33 heavy (non-hydrogen) atoms. The number of hydrogen-bond donors (Lipinski definition) is 3. The van der Waals surface area contributed by atoms with Gasteiger partial charge >= 0.3 is 5.97 Å². The Morgan fingerprint density at radius 3 is 2.58 bits per heavy atom. The standard InChI is InChI=1S/C25H28ClN3O4/c1-15(21-12-20(26)8-10-23(21)33-2)29-22-9-7-18(11-19(22)13-27)24(30)28-14-16-3-5-17(6-4-16)25(31)32/h7-12,15-17,29H,3-6,14H2,1-2H3,(H,28,30)(H,31,32)/t15-,16?,17?/m0/s1. The number of halogens is 1. The average molecular weight is 470 g/mol. The number of nitrogens with zero attached hydrogens (tertiary/aromatic N) is 1. The monoisotopic (exact) mass is 469 g/mol. The van der Waals surface area contributed by atoms with E-state index >= 15 is 0 Å². The molecule has 0 saturated heterocycles. The minimum Gasteiger partial charge on any atom is -0.496 e. The van der Waals surface area contributed by atoms with Gasteiger partial charge in [0, 0.05) is 22.7 Å². The Balaban J connectivity index is 1.64. The second-order valence-corrected chi connectivity index (χ2v) is 8.83. The van der Waals surface area contributed by atoms with Gasteiger partial charge in [0.05, 0.1) is 30.3 Å². The van der Waals surface area contributed by atoms with E-state index in [0.717, 1.165) is 18.4 Å². The summed E-state index contributed by atoms with van der Waals surface area (Å²) < 4.78 is 5.42. The number of nitriles is 1. The molecule has 1 amide bonds. The van der Waals surface area contributed by atoms with Gasteiger partial charge in [0.25, 0.3) is 5.91 Å². The summed E-state index contributed by atoms with van der Waals surface area (Å²) in [4.78, 5) is 23.7. The molecule has 3 rings (SSSR count). The third-order valence-corrected chi connectivity index (χ3v) is 6.41. The van der Waals surface area contributed by atoms with Crippen LogP contribution in [0.5, 0.6) is 5.75 Å². The molecule has 1 fully saturated rings. The first-order valence-electron chi connectivity index (χ1n) is 11.0. The van der Waals surface area contributed by atoms with Crippen LogP contribution in [0.1, 0.15) is 60.1 Å². The predicted octanol–water partition coefficient (Wildman–Crippen LogP) is 5.01. The van der Waals surface area contributed by atoms with Gasteiger partial charge in [-0.05, 0) is 74.9 Å². The van der Waals surface area contributed by atoms with Gasteiger partial charge in [0.1, 0.15) is 11.8 Å². The molecule has 0 bridgehead atoms. The fourth-order valence-electron chi connectivity index (χ4n) is 4.21. The number of hydrogen-bond acceptors (Lipinski definition) is 5. The molecule has 1 saturated carbocycles. The number of anilines is 1. The summed E-state index contributed by atoms with van der Waals surface area (Å²) >= 11 is 6.14. The van der Waals surface area contributed by atoms with Crippen LogP contribution >= 0.6 is 11.6 Å². The molecule has 7 nitrogen and oxygen atoms in total. The molecule has 0 spiro atoms. The van der Waals surface area contributed by atoms with Gasteiger partial charge in [-0.15, -0.1) is 0 Å². The Labute approximate surface area is 198 Å². The highest BCUT2D eigenvalue weighted by atomic mass is 35.5. The zero-order valence-corrected chi connectivity index (χ0v) is 19.5. The van der Waals surface area contributed by atoms with Gasteiger partial charge < -0.3 is 20.5 Å². The van der Waals surface area contributed by atoms with Gasteiger partial charge in [-0.2, -0.15) is 5.26 Å². The fourth-order valence-corrected chi connectivity index (χ4v) is 4.39. The number of nitrogens with one attached hydrogen (secondary N) is 2. The molecule has 0 radical (unpaired) electrons. The van der Waals surface area contributed by atoms with Crippen LogP contribution in [-0.4, -0.2) is 30.6 Å². The second-order valence-electron chi connectivity index (χ2n) is 8.39. The summed E-state index contributed by atoms with van der Waals surface area (Å²) in [5, 5.41) is 25.6. The van der Waals surface area contributed by atoms with Crippen LogP contribution in [0.3, 0.4) is 0 Å². The van der Waals surface area contributed by atoms with Crippen molar-refractivity contribution in [2.75, 3.05) is 19.0 Å². The van der Waals surface area contributed by atoms with Crippen molar-refractivity contribution in [2.24, 2.45) is 11.8 Å². The predicted molar refractivity (Wildman–Crippen MR) is 127 cm³/mol. The molecule has 0 aromatic heterocycles. The highest BCUT2D eigenvalue weighted by Crippen LogP contribution is 2.32. The zero-order valence-electron chi connectivity index (χ0n) is 18.7. The Bertz CT molecular complexity index is 1060. The second kappa shape index (κ2) is 11.1. The van der Waals surface area contributed by atoms with Gasteiger partial charge in [0.2, 0.25) is 0 Å². The van der Waals surface area contributed by atoms with Crippen molar-refractivity contribution in [1.29, 1.82) is 5.26 Å². The summed E-state index contributed by atoms with van der Waals surface area (Å²) in [5.74, 6) is -0.300. The Morgan fingerprint density at radius 1 is 1.21 bits per heavy atom. The first kappa shape index (κ1) is 24.4. The topological polar surface area (TPSA) is 111 Å². The lowest BCUT2D eigenvalue weighted by Gasteiger charge is -2.26. The molecule has 8 heteroatoms. The number of amides is 1. The van der Waals surface area contributed by atoms with Crippen molar-refractivity contribution >= 4 is 29.2 Å². The average Bonchev–Trinajstić information content (AvgIpc) is 2.82. The maximum absolute atomic E-state index is 12.6. The largest absolute Gasteiger partial charge is 0.496 e. The molecular weight excluding hydrogens is 442 g/mol. The molecule has 0 aliphatic heterocycles. The van der Waals surface area contributed by atoms with Gasteiger partial charge in [-0.1, -0.05) is 11.6 Å². The van der Waals surface area contributed by atoms with Crippen molar-refractivity contribution < 1.29 is 19.4 Å². The number of carbonyl (C=O) groups is 2. The van der Waals surface area contributed by atoms with E-state index in [1.807, 2.05) is 13.0 Å². The van der Waals surface area contributed by atoms with Gasteiger partial charge in [-0.3, -0.25) is 9.59 Å². The Hall–Kier alpha value is -3.24. The van der Waals surface area contributed by atoms with Crippen LogP contribution < -0.4 is 15.4 Å². The normalized spacial score (nSPS) is 18.6. The molecule has 2 aromatic rings. The lowest BCUT2D eigenvalue weighted by Crippen LogP contribution is -2.32. The van der Waals surface area contributed by atoms with Crippen LogP contribution in [0, 0.1) is 23.2 Å². The molecule has 0 heterocycles. The van der Waals surface area contributed by atoms with Gasteiger partial charge in [0.15, 0.2) is 0 Å². The third-order valence-electron chi connectivity index (χ3n) is 6.18. The Morgan fingerprint density at radius 2 is 1.94 bits per heavy atom. The summed E-state index contributed by atoms with van der Waals surface area (Å²) in [6, 6.07) is 12.3. The molecule has 174 valence electrons. The lowest BCUT2D eigenvalue weighted by atomic mass is 9.82. The van der Waals surface area contributed by atoms with E-state index in [0.29, 0.717) is 47.0 Å². The van der Waals surface area contributed by atoms with Crippen molar-refractivity contribution in [1.82, 2.24) is 5.32 Å². The number of aliphatic carboxylic acids is 1. The summed E-state index contributed by atoms with van der Waals surface area (Å²) in [5.41, 5.74) is 2.23. The first-order valence-corrected chi connectivity index (χ1v) is 11.3. The Kier molecular flexibility index (Phi) is 8.18. The summed E-state index contributed by atoms with van der Waals surface area (Å²) in [7, 11) is 1.59. The van der Waals surface area contributed by atoms with E-state index in [2.05, 4.69) is 16.7 Å². The van der Waals surface area contributed by atoms with Crippen molar-refractivity contribution in [3.05, 3.63) is 58.1 Å². The van der Waals surface area contributed by atoms with E-state index in [1.165, 1.54) is 0 Å². The van der Waals surface area contributed by atoms with E-state index in [1.54, 1.807) is 37.4 Å². The van der Waals surface area contributed by atoms with Crippen LogP contribution in [0.2, 0.25) is 5.02 Å². The summed E-state index contributed by atoms with van der Waals surface area (Å²) in [6.07, 6.45) is 2.86. The van der Waals surface area contributed by atoms with Gasteiger partial charge in [-0.25, -0.2) is 0 Å². The maximum Gasteiger partial charge on any atom is 0.306 e. The van der Waals surface area contributed by atoms with Crippen LogP contribution in [0.15, 0.2) is 36.4 Å². The highest BCUT2D eigenvalue weighted by molar-refractivity contribution is 6.30. The fraction of sp³-hybridized carbons (Fsp3) is 0.400. The van der Waals surface area contributed by atoms with E-state index in [9.17, 15) is 14.9 Å². The first-order chi connectivity index (χ1) is 15.8. The molecule has 1 atom stereocenters. The van der Waals surface area contributed by atoms with E-state index < -0.39 is 5.97 Å². The number of methoxy groups -OCH3 is 1. The zero-order chi connectivity index (χ0) is 24.0.